The number of allylic oxidation sites excluding steroid dienone is 1. The Kier molecular flexibility index (Phi) is 15.0. The van der Waals surface area contributed by atoms with E-state index < -0.39 is 17.8 Å². The number of carbonyl (C=O) groups is 5. The molecule has 0 saturated carbocycles. The number of Topliss-reactive ketones (excluding diaryl/α,β-unsaturated/α-hetero) is 1. The molecule has 41 heavy (non-hydrogen) atoms. The first-order chi connectivity index (χ1) is 19.7. The second-order valence-corrected chi connectivity index (χ2v) is 10.1. The molecule has 1 aromatic carbocycles. The lowest BCUT2D eigenvalue weighted by Gasteiger charge is -2.17. The molecule has 11 heteroatoms. The highest BCUT2D eigenvalue weighted by Gasteiger charge is 2.20. The van der Waals surface area contributed by atoms with E-state index in [0.717, 1.165) is 11.3 Å². The number of benzene rings is 1. The summed E-state index contributed by atoms with van der Waals surface area (Å²) >= 11 is 0. The normalized spacial score (nSPS) is 16.9. The van der Waals surface area contributed by atoms with Crippen LogP contribution in [-0.2, 0) is 30.4 Å². The Bertz CT molecular complexity index is 1090. The number of aliphatic imine (C=N–C) groups is 1. The summed E-state index contributed by atoms with van der Waals surface area (Å²) in [5.41, 5.74) is 1.85. The molecule has 1 aliphatic carbocycles. The van der Waals surface area contributed by atoms with Gasteiger partial charge in [0.05, 0.1) is 12.0 Å². The van der Waals surface area contributed by atoms with Crippen molar-refractivity contribution in [3.8, 4) is 0 Å². The Hall–Kier alpha value is -3.86. The van der Waals surface area contributed by atoms with E-state index in [2.05, 4.69) is 26.3 Å². The largest absolute Gasteiger partial charge is 0.481 e. The van der Waals surface area contributed by atoms with E-state index >= 15 is 0 Å². The zero-order valence-corrected chi connectivity index (χ0v) is 24.0. The summed E-state index contributed by atoms with van der Waals surface area (Å²) in [6.45, 7) is 2.95. The molecule has 0 radical (unpaired) electrons. The SMILES string of the molecule is CNC(=O)C(CCNC(=O)CCN=C1C=CC(C(=O)O)CC1)CCC(=O)NCCNC(Cc1ccccc1)C(C)=O. The Labute approximate surface area is 241 Å². The molecule has 1 aromatic rings. The predicted molar refractivity (Wildman–Crippen MR) is 156 cm³/mol. The van der Waals surface area contributed by atoms with Crippen LogP contribution >= 0.6 is 0 Å². The summed E-state index contributed by atoms with van der Waals surface area (Å²) in [5, 5.41) is 20.5. The van der Waals surface area contributed by atoms with Crippen molar-refractivity contribution in [2.24, 2.45) is 16.8 Å². The van der Waals surface area contributed by atoms with Crippen LogP contribution in [0, 0.1) is 11.8 Å². The van der Waals surface area contributed by atoms with Gasteiger partial charge in [-0.15, -0.1) is 0 Å². The van der Waals surface area contributed by atoms with Gasteiger partial charge in [0.2, 0.25) is 17.7 Å². The molecule has 0 saturated heterocycles. The minimum atomic E-state index is -0.846. The van der Waals surface area contributed by atoms with Crippen LogP contribution in [0.25, 0.3) is 0 Å². The van der Waals surface area contributed by atoms with Crippen LogP contribution in [0.5, 0.6) is 0 Å². The van der Waals surface area contributed by atoms with Crippen LogP contribution in [0.15, 0.2) is 47.5 Å². The number of aliphatic carboxylic acids is 1. The molecule has 11 nitrogen and oxygen atoms in total. The van der Waals surface area contributed by atoms with Gasteiger partial charge in [0, 0.05) is 57.7 Å². The summed E-state index contributed by atoms with van der Waals surface area (Å²) < 4.78 is 0. The van der Waals surface area contributed by atoms with E-state index in [1.165, 1.54) is 7.05 Å². The van der Waals surface area contributed by atoms with Crippen molar-refractivity contribution >= 4 is 35.2 Å². The molecule has 3 amide bonds. The van der Waals surface area contributed by atoms with Crippen LogP contribution in [-0.4, -0.2) is 79.6 Å². The first-order valence-electron chi connectivity index (χ1n) is 14.2. The van der Waals surface area contributed by atoms with E-state index in [1.807, 2.05) is 30.3 Å². The van der Waals surface area contributed by atoms with Crippen molar-refractivity contribution in [1.82, 2.24) is 21.3 Å². The van der Waals surface area contributed by atoms with Gasteiger partial charge in [-0.3, -0.25) is 29.0 Å². The number of hydrogen-bond acceptors (Lipinski definition) is 7. The van der Waals surface area contributed by atoms with Crippen molar-refractivity contribution < 1.29 is 29.1 Å². The van der Waals surface area contributed by atoms with Crippen molar-refractivity contribution in [3.63, 3.8) is 0 Å². The van der Waals surface area contributed by atoms with Gasteiger partial charge in [0.15, 0.2) is 0 Å². The van der Waals surface area contributed by atoms with E-state index in [0.29, 0.717) is 58.3 Å². The number of nitrogens with zero attached hydrogens (tertiary/aromatic N) is 1. The monoisotopic (exact) mass is 569 g/mol. The van der Waals surface area contributed by atoms with Gasteiger partial charge >= 0.3 is 5.97 Å². The minimum Gasteiger partial charge on any atom is -0.481 e. The van der Waals surface area contributed by atoms with Gasteiger partial charge in [-0.25, -0.2) is 0 Å². The quantitative estimate of drug-likeness (QED) is 0.167. The minimum absolute atomic E-state index is 0.0334. The van der Waals surface area contributed by atoms with Gasteiger partial charge in [0.1, 0.15) is 5.78 Å². The molecule has 0 bridgehead atoms. The van der Waals surface area contributed by atoms with Crippen LogP contribution < -0.4 is 21.3 Å². The molecule has 3 unspecified atom stereocenters. The van der Waals surface area contributed by atoms with Crippen LogP contribution in [0.2, 0.25) is 0 Å². The Morgan fingerprint density at radius 1 is 0.976 bits per heavy atom. The smallest absolute Gasteiger partial charge is 0.310 e. The Morgan fingerprint density at radius 3 is 2.32 bits per heavy atom. The molecule has 0 aliphatic heterocycles. The molecule has 224 valence electrons. The topological polar surface area (TPSA) is 166 Å². The van der Waals surface area contributed by atoms with Crippen LogP contribution in [0.3, 0.4) is 0 Å². The van der Waals surface area contributed by atoms with Crippen molar-refractivity contribution in [2.75, 3.05) is 33.2 Å². The predicted octanol–water partition coefficient (Wildman–Crippen LogP) is 1.42. The maximum Gasteiger partial charge on any atom is 0.310 e. The maximum atomic E-state index is 12.4. The van der Waals surface area contributed by atoms with Gasteiger partial charge in [-0.05, 0) is 50.7 Å². The van der Waals surface area contributed by atoms with E-state index in [9.17, 15) is 24.0 Å². The summed E-state index contributed by atoms with van der Waals surface area (Å²) in [6, 6.07) is 9.40. The number of amides is 3. The first-order valence-corrected chi connectivity index (χ1v) is 14.2. The van der Waals surface area contributed by atoms with Gasteiger partial charge < -0.3 is 26.4 Å². The second-order valence-electron chi connectivity index (χ2n) is 10.1. The maximum absolute atomic E-state index is 12.4. The highest BCUT2D eigenvalue weighted by atomic mass is 16.4. The fraction of sp³-hybridized carbons (Fsp3) is 0.533. The number of rotatable bonds is 18. The molecule has 2 rings (SSSR count). The lowest BCUT2D eigenvalue weighted by atomic mass is 9.95. The van der Waals surface area contributed by atoms with Crippen molar-refractivity contribution in [2.45, 2.75) is 57.9 Å². The summed E-state index contributed by atoms with van der Waals surface area (Å²) in [6.07, 6.45) is 6.07. The van der Waals surface area contributed by atoms with Crippen molar-refractivity contribution in [1.29, 1.82) is 0 Å². The average molecular weight is 570 g/mol. The lowest BCUT2D eigenvalue weighted by Crippen LogP contribution is -2.42. The summed E-state index contributed by atoms with van der Waals surface area (Å²) in [4.78, 5) is 64.2. The number of nitrogens with one attached hydrogen (secondary N) is 4. The zero-order chi connectivity index (χ0) is 30.0. The molecule has 0 fully saturated rings. The average Bonchev–Trinajstić information content (AvgIpc) is 2.96. The second kappa shape index (κ2) is 18.5. The van der Waals surface area contributed by atoms with E-state index in [-0.39, 0.29) is 42.4 Å². The third-order valence-electron chi connectivity index (χ3n) is 6.97. The molecule has 0 heterocycles. The molecule has 1 aliphatic rings. The Morgan fingerprint density at radius 2 is 1.68 bits per heavy atom. The fourth-order valence-corrected chi connectivity index (χ4v) is 4.49. The van der Waals surface area contributed by atoms with Crippen molar-refractivity contribution in [3.05, 3.63) is 48.0 Å². The molecular weight excluding hydrogens is 526 g/mol. The standard InChI is InChI=1S/C30H43N5O6/c1-21(36)26(20-22-6-4-3-5-7-22)33-18-19-35-27(37)13-10-23(29(39)31-2)14-16-34-28(38)15-17-32-25-11-8-24(9-12-25)30(40)41/h3-8,11,23-24,26,33H,9-10,12-20H2,1-2H3,(H,31,39)(H,34,38)(H,35,37)(H,40,41). The fourth-order valence-electron chi connectivity index (χ4n) is 4.49. The number of carboxylic acids is 1. The molecular formula is C30H43N5O6. The Balaban J connectivity index is 1.65. The number of ketones is 1. The third kappa shape index (κ3) is 13.4. The van der Waals surface area contributed by atoms with Gasteiger partial charge in [-0.2, -0.15) is 0 Å². The highest BCUT2D eigenvalue weighted by molar-refractivity contribution is 5.97. The molecule has 5 N–H and O–H groups in total. The van der Waals surface area contributed by atoms with Gasteiger partial charge in [-0.1, -0.05) is 36.4 Å². The van der Waals surface area contributed by atoms with Gasteiger partial charge in [0.25, 0.3) is 0 Å². The number of carboxylic acid groups (broad SMARTS) is 1. The summed E-state index contributed by atoms with van der Waals surface area (Å²) in [7, 11) is 1.54. The van der Waals surface area contributed by atoms with E-state index in [4.69, 9.17) is 5.11 Å². The highest BCUT2D eigenvalue weighted by Crippen LogP contribution is 2.16. The third-order valence-corrected chi connectivity index (χ3v) is 6.97. The van der Waals surface area contributed by atoms with E-state index in [1.54, 1.807) is 19.1 Å². The van der Waals surface area contributed by atoms with Crippen LogP contribution in [0.1, 0.15) is 51.0 Å². The van der Waals surface area contributed by atoms with Crippen LogP contribution in [0.4, 0.5) is 0 Å². The molecule has 3 atom stereocenters. The first kappa shape index (κ1) is 33.3. The lowest BCUT2D eigenvalue weighted by molar-refractivity contribution is -0.140. The number of hydrogen-bond donors (Lipinski definition) is 5. The number of carbonyl (C=O) groups excluding carboxylic acids is 4. The summed E-state index contributed by atoms with van der Waals surface area (Å²) in [5.74, 6) is -2.27. The zero-order valence-electron chi connectivity index (χ0n) is 24.0. The molecule has 0 aromatic heterocycles. The molecule has 0 spiro atoms.